The Morgan fingerprint density at radius 1 is 1.18 bits per heavy atom. The number of carbonyl (C=O) groups is 1. The van der Waals surface area contributed by atoms with Crippen molar-refractivity contribution >= 4 is 11.6 Å². The molecule has 0 saturated carbocycles. The van der Waals surface area contributed by atoms with Gasteiger partial charge in [0.15, 0.2) is 6.10 Å². The van der Waals surface area contributed by atoms with Gasteiger partial charge in [-0.05, 0) is 43.0 Å². The van der Waals surface area contributed by atoms with Crippen molar-refractivity contribution < 1.29 is 9.53 Å². The number of benzene rings is 1. The highest BCUT2D eigenvalue weighted by atomic mass is 16.5. The quantitative estimate of drug-likeness (QED) is 0.886. The molecule has 2 rings (SSSR count). The van der Waals surface area contributed by atoms with Gasteiger partial charge in [-0.15, -0.1) is 0 Å². The van der Waals surface area contributed by atoms with E-state index in [1.807, 2.05) is 18.2 Å². The lowest BCUT2D eigenvalue weighted by molar-refractivity contribution is -0.122. The summed E-state index contributed by atoms with van der Waals surface area (Å²) in [5, 5.41) is 3.02. The fourth-order valence-corrected chi connectivity index (χ4v) is 2.30. The first-order chi connectivity index (χ1) is 10.7. The molecular weight excluding hydrogens is 276 g/mol. The van der Waals surface area contributed by atoms with E-state index in [0.717, 1.165) is 29.7 Å². The van der Waals surface area contributed by atoms with Crippen molar-refractivity contribution in [2.24, 2.45) is 0 Å². The molecule has 4 heteroatoms. The van der Waals surface area contributed by atoms with Crippen LogP contribution in [0.3, 0.4) is 0 Å². The number of carbonyl (C=O) groups excluding carboxylic acids is 1. The first-order valence-corrected chi connectivity index (χ1v) is 7.64. The van der Waals surface area contributed by atoms with Crippen LogP contribution in [0.15, 0.2) is 42.7 Å². The maximum Gasteiger partial charge on any atom is 0.265 e. The third kappa shape index (κ3) is 3.85. The summed E-state index contributed by atoms with van der Waals surface area (Å²) in [5.74, 6) is 0.434. The van der Waals surface area contributed by atoms with Crippen molar-refractivity contribution in [1.29, 1.82) is 0 Å². The van der Waals surface area contributed by atoms with E-state index in [1.54, 1.807) is 31.5 Å². The van der Waals surface area contributed by atoms with Crippen molar-refractivity contribution in [1.82, 2.24) is 4.98 Å². The van der Waals surface area contributed by atoms with Gasteiger partial charge in [0, 0.05) is 11.9 Å². The van der Waals surface area contributed by atoms with Crippen LogP contribution in [0.5, 0.6) is 5.75 Å². The van der Waals surface area contributed by atoms with Gasteiger partial charge in [-0.3, -0.25) is 9.78 Å². The number of nitrogens with one attached hydrogen (secondary N) is 1. The summed E-state index contributed by atoms with van der Waals surface area (Å²) in [6.07, 6.45) is 4.44. The first-order valence-electron chi connectivity index (χ1n) is 7.64. The van der Waals surface area contributed by atoms with Crippen LogP contribution in [0.2, 0.25) is 0 Å². The number of pyridine rings is 1. The molecule has 0 spiro atoms. The number of aromatic nitrogens is 1. The second-order valence-electron chi connectivity index (χ2n) is 5.10. The van der Waals surface area contributed by atoms with E-state index >= 15 is 0 Å². The van der Waals surface area contributed by atoms with Crippen LogP contribution in [0.25, 0.3) is 0 Å². The average Bonchev–Trinajstić information content (AvgIpc) is 2.55. The average molecular weight is 298 g/mol. The molecular formula is C18H22N2O2. The highest BCUT2D eigenvalue weighted by Gasteiger charge is 2.17. The van der Waals surface area contributed by atoms with Gasteiger partial charge in [0.2, 0.25) is 0 Å². The number of anilines is 1. The summed E-state index contributed by atoms with van der Waals surface area (Å²) in [7, 11) is 0. The van der Waals surface area contributed by atoms with Crippen molar-refractivity contribution in [3.05, 3.63) is 53.9 Å². The van der Waals surface area contributed by atoms with Crippen LogP contribution in [0.1, 0.15) is 31.9 Å². The normalized spacial score (nSPS) is 11.8. The molecule has 0 radical (unpaired) electrons. The Kier molecular flexibility index (Phi) is 5.53. The molecule has 22 heavy (non-hydrogen) atoms. The molecule has 1 unspecified atom stereocenters. The zero-order valence-corrected chi connectivity index (χ0v) is 13.3. The molecule has 4 nitrogen and oxygen atoms in total. The summed E-state index contributed by atoms with van der Waals surface area (Å²) >= 11 is 0. The second kappa shape index (κ2) is 7.59. The highest BCUT2D eigenvalue weighted by Crippen LogP contribution is 2.23. The topological polar surface area (TPSA) is 51.2 Å². The van der Waals surface area contributed by atoms with Crippen molar-refractivity contribution in [2.75, 3.05) is 5.32 Å². The minimum Gasteiger partial charge on any atom is -0.479 e. The molecule has 2 aromatic rings. The number of rotatable bonds is 6. The number of nitrogens with zero attached hydrogens (tertiary/aromatic N) is 1. The van der Waals surface area contributed by atoms with Crippen LogP contribution < -0.4 is 10.1 Å². The minimum atomic E-state index is -0.584. The first kappa shape index (κ1) is 16.0. The third-order valence-electron chi connectivity index (χ3n) is 3.56. The number of aryl methyl sites for hydroxylation is 2. The summed E-state index contributed by atoms with van der Waals surface area (Å²) in [5.41, 5.74) is 3.20. The zero-order chi connectivity index (χ0) is 15.9. The molecule has 1 atom stereocenters. The van der Waals surface area contributed by atoms with Crippen LogP contribution in [-0.2, 0) is 17.6 Å². The monoisotopic (exact) mass is 298 g/mol. The Hall–Kier alpha value is -2.36. The summed E-state index contributed by atoms with van der Waals surface area (Å²) in [6, 6.07) is 9.68. The van der Waals surface area contributed by atoms with Crippen molar-refractivity contribution in [3.8, 4) is 5.75 Å². The second-order valence-corrected chi connectivity index (χ2v) is 5.10. The third-order valence-corrected chi connectivity index (χ3v) is 3.56. The van der Waals surface area contributed by atoms with Crippen molar-refractivity contribution in [2.45, 2.75) is 39.7 Å². The number of ether oxygens (including phenoxy) is 1. The lowest BCUT2D eigenvalue weighted by Crippen LogP contribution is -2.31. The lowest BCUT2D eigenvalue weighted by Gasteiger charge is -2.18. The maximum absolute atomic E-state index is 12.4. The highest BCUT2D eigenvalue weighted by molar-refractivity contribution is 5.95. The van der Waals surface area contributed by atoms with Gasteiger partial charge < -0.3 is 10.1 Å². The molecule has 0 saturated heterocycles. The van der Waals surface area contributed by atoms with Crippen LogP contribution in [0, 0.1) is 0 Å². The SMILES string of the molecule is CCc1cccc(CC)c1NC(=O)C(C)Oc1cccnc1. The van der Waals surface area contributed by atoms with E-state index in [1.165, 1.54) is 0 Å². The molecule has 1 heterocycles. The Morgan fingerprint density at radius 3 is 2.41 bits per heavy atom. The van der Waals surface area contributed by atoms with Gasteiger partial charge in [0.05, 0.1) is 6.20 Å². The van der Waals surface area contributed by atoms with E-state index in [2.05, 4.69) is 24.1 Å². The number of hydrogen-bond acceptors (Lipinski definition) is 3. The molecule has 0 aliphatic carbocycles. The van der Waals surface area contributed by atoms with E-state index in [4.69, 9.17) is 4.74 Å². The van der Waals surface area contributed by atoms with E-state index in [9.17, 15) is 4.79 Å². The molecule has 0 aliphatic heterocycles. The van der Waals surface area contributed by atoms with Gasteiger partial charge in [0.1, 0.15) is 5.75 Å². The Bertz CT molecular complexity index is 604. The lowest BCUT2D eigenvalue weighted by atomic mass is 10.0. The predicted octanol–water partition coefficient (Wildman–Crippen LogP) is 3.61. The zero-order valence-electron chi connectivity index (χ0n) is 13.3. The Labute approximate surface area is 131 Å². The Balaban J connectivity index is 2.11. The van der Waals surface area contributed by atoms with Gasteiger partial charge in [-0.2, -0.15) is 0 Å². The van der Waals surface area contributed by atoms with Crippen LogP contribution in [0.4, 0.5) is 5.69 Å². The largest absolute Gasteiger partial charge is 0.479 e. The fraction of sp³-hybridized carbons (Fsp3) is 0.333. The van der Waals surface area contributed by atoms with Gasteiger partial charge >= 0.3 is 0 Å². The van der Waals surface area contributed by atoms with Crippen molar-refractivity contribution in [3.63, 3.8) is 0 Å². The van der Waals surface area contributed by atoms with Gasteiger partial charge in [-0.1, -0.05) is 32.0 Å². The smallest absolute Gasteiger partial charge is 0.265 e. The molecule has 0 fully saturated rings. The maximum atomic E-state index is 12.4. The van der Waals surface area contributed by atoms with E-state index in [-0.39, 0.29) is 5.91 Å². The predicted molar refractivity (Wildman–Crippen MR) is 88.2 cm³/mol. The van der Waals surface area contributed by atoms with Gasteiger partial charge in [-0.25, -0.2) is 0 Å². The van der Waals surface area contributed by atoms with Crippen LogP contribution in [-0.4, -0.2) is 17.0 Å². The molecule has 116 valence electrons. The van der Waals surface area contributed by atoms with Crippen LogP contribution >= 0.6 is 0 Å². The van der Waals surface area contributed by atoms with E-state index < -0.39 is 6.10 Å². The molecule has 0 bridgehead atoms. The number of para-hydroxylation sites is 1. The summed E-state index contributed by atoms with van der Waals surface area (Å²) < 4.78 is 5.62. The standard InChI is InChI=1S/C18H22N2O2/c1-4-14-8-6-9-15(5-2)17(14)20-18(21)13(3)22-16-10-7-11-19-12-16/h6-13H,4-5H2,1-3H3,(H,20,21). The molecule has 1 aromatic heterocycles. The fourth-order valence-electron chi connectivity index (χ4n) is 2.30. The van der Waals surface area contributed by atoms with Gasteiger partial charge in [0.25, 0.3) is 5.91 Å². The molecule has 0 aliphatic rings. The van der Waals surface area contributed by atoms with E-state index in [0.29, 0.717) is 5.75 Å². The molecule has 1 amide bonds. The summed E-state index contributed by atoms with van der Waals surface area (Å²) in [4.78, 5) is 16.4. The molecule has 1 N–H and O–H groups in total. The minimum absolute atomic E-state index is 0.153. The Morgan fingerprint density at radius 2 is 1.86 bits per heavy atom. The molecule has 1 aromatic carbocycles. The number of amides is 1. The number of hydrogen-bond donors (Lipinski definition) is 1. The summed E-state index contributed by atoms with van der Waals surface area (Å²) in [6.45, 7) is 5.91.